The Kier molecular flexibility index (Phi) is 3.84. The van der Waals surface area contributed by atoms with Crippen LogP contribution in [0.3, 0.4) is 0 Å². The number of nitrogens with two attached hydrogens (primary N) is 1. The second kappa shape index (κ2) is 4.62. The average Bonchev–Trinajstić information content (AvgIpc) is 2.16. The highest BCUT2D eigenvalue weighted by Crippen LogP contribution is 2.35. The Bertz CT molecular complexity index is 418. The molecule has 3 N–H and O–H groups in total. The second-order valence-corrected chi connectivity index (χ2v) is 5.01. The van der Waals surface area contributed by atoms with Crippen molar-refractivity contribution in [2.24, 2.45) is 11.1 Å². The van der Waals surface area contributed by atoms with Crippen molar-refractivity contribution in [3.63, 3.8) is 0 Å². The Morgan fingerprint density at radius 1 is 1.44 bits per heavy atom. The summed E-state index contributed by atoms with van der Waals surface area (Å²) in [4.78, 5) is 11.1. The molecule has 0 bridgehead atoms. The van der Waals surface area contributed by atoms with Crippen molar-refractivity contribution in [3.8, 4) is 0 Å². The maximum atomic E-state index is 11.1. The zero-order valence-electron chi connectivity index (χ0n) is 9.00. The molecule has 0 radical (unpaired) electrons. The molecule has 1 rings (SSSR count). The number of hydrogen-bond donors (Lipinski definition) is 2. The van der Waals surface area contributed by atoms with Crippen molar-refractivity contribution >= 4 is 29.2 Å². The Morgan fingerprint density at radius 2 is 2.00 bits per heavy atom. The van der Waals surface area contributed by atoms with Gasteiger partial charge in [0, 0.05) is 16.1 Å². The lowest BCUT2D eigenvalue weighted by atomic mass is 9.81. The third-order valence-electron chi connectivity index (χ3n) is 2.63. The van der Waals surface area contributed by atoms with E-state index in [4.69, 9.17) is 34.0 Å². The molecule has 0 aliphatic heterocycles. The number of carbonyl (C=O) groups is 1. The van der Waals surface area contributed by atoms with E-state index in [1.54, 1.807) is 32.0 Å². The van der Waals surface area contributed by atoms with Gasteiger partial charge in [-0.15, -0.1) is 0 Å². The van der Waals surface area contributed by atoms with Gasteiger partial charge in [-0.1, -0.05) is 29.3 Å². The van der Waals surface area contributed by atoms with Gasteiger partial charge < -0.3 is 10.8 Å². The second-order valence-electron chi connectivity index (χ2n) is 4.17. The van der Waals surface area contributed by atoms with E-state index in [1.807, 2.05) is 0 Å². The Hall–Kier alpha value is -0.770. The number of halogens is 2. The summed E-state index contributed by atoms with van der Waals surface area (Å²) in [7, 11) is 0. The molecule has 5 heteroatoms. The fourth-order valence-corrected chi connectivity index (χ4v) is 1.80. The summed E-state index contributed by atoms with van der Waals surface area (Å²) in [5, 5.41) is 9.95. The minimum absolute atomic E-state index is 0.384. The van der Waals surface area contributed by atoms with Crippen LogP contribution < -0.4 is 5.73 Å². The lowest BCUT2D eigenvalue weighted by molar-refractivity contribution is -0.148. The van der Waals surface area contributed by atoms with Crippen LogP contribution in [0, 0.1) is 5.41 Å². The summed E-state index contributed by atoms with van der Waals surface area (Å²) in [6.45, 7) is 3.12. The third kappa shape index (κ3) is 2.48. The summed E-state index contributed by atoms with van der Waals surface area (Å²) < 4.78 is 0. The standard InChI is InChI=1S/C11H13Cl2NO2/c1-11(2,10(15)16)9(14)7-4-3-6(12)5-8(7)13/h3-5,9H,14H2,1-2H3,(H,15,16). The molecular formula is C11H13Cl2NO2. The monoisotopic (exact) mass is 261 g/mol. The Balaban J connectivity index is 3.14. The molecule has 0 spiro atoms. The first kappa shape index (κ1) is 13.3. The first-order chi connectivity index (χ1) is 7.26. The van der Waals surface area contributed by atoms with Crippen molar-refractivity contribution in [2.45, 2.75) is 19.9 Å². The molecule has 1 atom stereocenters. The quantitative estimate of drug-likeness (QED) is 0.879. The van der Waals surface area contributed by atoms with Gasteiger partial charge in [-0.3, -0.25) is 4.79 Å². The maximum Gasteiger partial charge on any atom is 0.311 e. The molecule has 0 saturated carbocycles. The van der Waals surface area contributed by atoms with Gasteiger partial charge in [0.1, 0.15) is 0 Å². The van der Waals surface area contributed by atoms with E-state index >= 15 is 0 Å². The molecule has 1 unspecified atom stereocenters. The minimum atomic E-state index is -1.09. The van der Waals surface area contributed by atoms with Crippen LogP contribution in [0.25, 0.3) is 0 Å². The van der Waals surface area contributed by atoms with E-state index in [2.05, 4.69) is 0 Å². The van der Waals surface area contributed by atoms with Crippen LogP contribution in [-0.4, -0.2) is 11.1 Å². The highest BCUT2D eigenvalue weighted by Gasteiger charge is 2.36. The fraction of sp³-hybridized carbons (Fsp3) is 0.364. The molecule has 16 heavy (non-hydrogen) atoms. The van der Waals surface area contributed by atoms with Crippen molar-refractivity contribution < 1.29 is 9.90 Å². The number of aliphatic carboxylic acids is 1. The lowest BCUT2D eigenvalue weighted by Gasteiger charge is -2.28. The molecule has 0 aromatic heterocycles. The first-order valence-corrected chi connectivity index (χ1v) is 5.46. The zero-order chi connectivity index (χ0) is 12.5. The summed E-state index contributed by atoms with van der Waals surface area (Å²) in [5.41, 5.74) is 5.41. The molecule has 0 fully saturated rings. The molecule has 1 aromatic rings. The Labute approximate surface area is 104 Å². The average molecular weight is 262 g/mol. The van der Waals surface area contributed by atoms with Gasteiger partial charge in [-0.05, 0) is 31.5 Å². The van der Waals surface area contributed by atoms with Crippen molar-refractivity contribution in [1.82, 2.24) is 0 Å². The molecule has 3 nitrogen and oxygen atoms in total. The van der Waals surface area contributed by atoms with Crippen LogP contribution >= 0.6 is 23.2 Å². The van der Waals surface area contributed by atoms with Gasteiger partial charge in [-0.2, -0.15) is 0 Å². The van der Waals surface area contributed by atoms with Crippen molar-refractivity contribution in [1.29, 1.82) is 0 Å². The molecule has 0 aliphatic rings. The van der Waals surface area contributed by atoms with E-state index in [1.165, 1.54) is 0 Å². The van der Waals surface area contributed by atoms with E-state index in [9.17, 15) is 4.79 Å². The molecule has 0 amide bonds. The first-order valence-electron chi connectivity index (χ1n) is 4.70. The topological polar surface area (TPSA) is 63.3 Å². The van der Waals surface area contributed by atoms with Crippen LogP contribution in [0.2, 0.25) is 10.0 Å². The summed E-state index contributed by atoms with van der Waals surface area (Å²) in [6, 6.07) is 4.16. The number of hydrogen-bond acceptors (Lipinski definition) is 2. The maximum absolute atomic E-state index is 11.1. The van der Waals surface area contributed by atoms with E-state index in [0.717, 1.165) is 0 Å². The summed E-state index contributed by atoms with van der Waals surface area (Å²) in [6.07, 6.45) is 0. The van der Waals surface area contributed by atoms with Gasteiger partial charge in [-0.25, -0.2) is 0 Å². The minimum Gasteiger partial charge on any atom is -0.481 e. The number of carboxylic acids is 1. The molecule has 0 saturated heterocycles. The SMILES string of the molecule is CC(C)(C(=O)O)C(N)c1ccc(Cl)cc1Cl. The highest BCUT2D eigenvalue weighted by atomic mass is 35.5. The highest BCUT2D eigenvalue weighted by molar-refractivity contribution is 6.35. The molecular weight excluding hydrogens is 249 g/mol. The largest absolute Gasteiger partial charge is 0.481 e. The van der Waals surface area contributed by atoms with Crippen LogP contribution in [0.15, 0.2) is 18.2 Å². The summed E-state index contributed by atoms with van der Waals surface area (Å²) in [5.74, 6) is -0.967. The molecule has 0 aliphatic carbocycles. The van der Waals surface area contributed by atoms with Crippen LogP contribution in [-0.2, 0) is 4.79 Å². The van der Waals surface area contributed by atoms with Gasteiger partial charge >= 0.3 is 5.97 Å². The van der Waals surface area contributed by atoms with Gasteiger partial charge in [0.2, 0.25) is 0 Å². The van der Waals surface area contributed by atoms with Crippen LogP contribution in [0.4, 0.5) is 0 Å². The fourth-order valence-electron chi connectivity index (χ4n) is 1.28. The van der Waals surface area contributed by atoms with Gasteiger partial charge in [0.15, 0.2) is 0 Å². The van der Waals surface area contributed by atoms with Crippen LogP contribution in [0.5, 0.6) is 0 Å². The third-order valence-corrected chi connectivity index (χ3v) is 3.19. The normalized spacial score (nSPS) is 13.6. The smallest absolute Gasteiger partial charge is 0.311 e. The van der Waals surface area contributed by atoms with E-state index in [-0.39, 0.29) is 0 Å². The molecule has 1 aromatic carbocycles. The molecule has 88 valence electrons. The Morgan fingerprint density at radius 3 is 2.44 bits per heavy atom. The molecule has 0 heterocycles. The zero-order valence-corrected chi connectivity index (χ0v) is 10.5. The lowest BCUT2D eigenvalue weighted by Crippen LogP contribution is -2.36. The predicted octanol–water partition coefficient (Wildman–Crippen LogP) is 3.10. The number of rotatable bonds is 3. The van der Waals surface area contributed by atoms with Crippen molar-refractivity contribution in [2.75, 3.05) is 0 Å². The van der Waals surface area contributed by atoms with Gasteiger partial charge in [0.25, 0.3) is 0 Å². The van der Waals surface area contributed by atoms with E-state index in [0.29, 0.717) is 15.6 Å². The van der Waals surface area contributed by atoms with Crippen LogP contribution in [0.1, 0.15) is 25.5 Å². The van der Waals surface area contributed by atoms with Crippen molar-refractivity contribution in [3.05, 3.63) is 33.8 Å². The van der Waals surface area contributed by atoms with Gasteiger partial charge in [0.05, 0.1) is 5.41 Å². The van der Waals surface area contributed by atoms with E-state index < -0.39 is 17.4 Å². The number of carboxylic acid groups (broad SMARTS) is 1. The number of benzene rings is 1. The predicted molar refractivity (Wildman–Crippen MR) is 64.8 cm³/mol. The summed E-state index contributed by atoms with van der Waals surface area (Å²) >= 11 is 11.7.